The van der Waals surface area contributed by atoms with Crippen LogP contribution in [0.25, 0.3) is 22.4 Å². The third kappa shape index (κ3) is 3.90. The van der Waals surface area contributed by atoms with Crippen LogP contribution < -0.4 is 5.32 Å². The van der Waals surface area contributed by atoms with Gasteiger partial charge in [-0.1, -0.05) is 17.3 Å². The quantitative estimate of drug-likeness (QED) is 0.534. The van der Waals surface area contributed by atoms with E-state index >= 15 is 0 Å². The van der Waals surface area contributed by atoms with E-state index in [1.54, 1.807) is 12.1 Å². The van der Waals surface area contributed by atoms with Crippen molar-refractivity contribution < 1.29 is 13.7 Å². The van der Waals surface area contributed by atoms with Crippen LogP contribution in [0.15, 0.2) is 53.1 Å². The third-order valence-electron chi connectivity index (χ3n) is 4.33. The molecule has 0 fully saturated rings. The zero-order valence-corrected chi connectivity index (χ0v) is 15.1. The summed E-state index contributed by atoms with van der Waals surface area (Å²) in [5, 5.41) is 6.78. The third-order valence-corrected chi connectivity index (χ3v) is 4.33. The van der Waals surface area contributed by atoms with Crippen LogP contribution in [-0.4, -0.2) is 26.0 Å². The Labute approximate surface area is 160 Å². The van der Waals surface area contributed by atoms with Gasteiger partial charge in [-0.2, -0.15) is 4.98 Å². The number of H-pyrrole nitrogens is 1. The number of carbonyl (C=O) groups excluding carboxylic acids is 1. The fourth-order valence-electron chi connectivity index (χ4n) is 2.85. The minimum atomic E-state index is -0.331. The van der Waals surface area contributed by atoms with E-state index < -0.39 is 0 Å². The summed E-state index contributed by atoms with van der Waals surface area (Å²) in [6.07, 6.45) is 0.516. The van der Waals surface area contributed by atoms with Crippen molar-refractivity contribution >= 4 is 16.9 Å². The summed E-state index contributed by atoms with van der Waals surface area (Å²) in [4.78, 5) is 24.2. The lowest BCUT2D eigenvalue weighted by molar-refractivity contribution is -0.121. The van der Waals surface area contributed by atoms with E-state index in [1.807, 2.05) is 31.2 Å². The Morgan fingerprint density at radius 2 is 1.96 bits per heavy atom. The van der Waals surface area contributed by atoms with E-state index in [4.69, 9.17) is 4.52 Å². The molecule has 0 spiro atoms. The van der Waals surface area contributed by atoms with Crippen LogP contribution in [0.1, 0.15) is 31.1 Å². The number of fused-ring (bicyclic) bond motifs is 1. The molecule has 2 N–H and O–H groups in total. The second kappa shape index (κ2) is 7.59. The van der Waals surface area contributed by atoms with Crippen LogP contribution in [-0.2, 0) is 11.2 Å². The lowest BCUT2D eigenvalue weighted by Crippen LogP contribution is -2.27. The monoisotopic (exact) mass is 379 g/mol. The lowest BCUT2D eigenvalue weighted by Gasteiger charge is -2.10. The van der Waals surface area contributed by atoms with Crippen LogP contribution >= 0.6 is 0 Å². The summed E-state index contributed by atoms with van der Waals surface area (Å²) in [5.41, 5.74) is 2.44. The van der Waals surface area contributed by atoms with Gasteiger partial charge < -0.3 is 14.8 Å². The standard InChI is InChI=1S/C20H18FN5O2/c1-12(19-23-15-4-2-3-5-16(15)24-19)22-17(27)10-11-18-25-20(26-28-18)13-6-8-14(21)9-7-13/h2-9,12H,10-11H2,1H3,(H,22,27)(H,23,24). The molecule has 142 valence electrons. The van der Waals surface area contributed by atoms with Gasteiger partial charge >= 0.3 is 0 Å². The van der Waals surface area contributed by atoms with E-state index in [0.29, 0.717) is 29.5 Å². The molecule has 8 heteroatoms. The summed E-state index contributed by atoms with van der Waals surface area (Å²) in [7, 11) is 0. The van der Waals surface area contributed by atoms with Gasteiger partial charge in [0, 0.05) is 18.4 Å². The molecule has 1 atom stereocenters. The minimum Gasteiger partial charge on any atom is -0.346 e. The van der Waals surface area contributed by atoms with Gasteiger partial charge in [0.05, 0.1) is 17.1 Å². The maximum absolute atomic E-state index is 13.0. The molecule has 0 saturated heterocycles. The predicted molar refractivity (Wildman–Crippen MR) is 101 cm³/mol. The van der Waals surface area contributed by atoms with Crippen molar-refractivity contribution in [2.24, 2.45) is 0 Å². The van der Waals surface area contributed by atoms with Gasteiger partial charge in [0.1, 0.15) is 11.6 Å². The number of carbonyl (C=O) groups is 1. The molecular weight excluding hydrogens is 361 g/mol. The number of para-hydroxylation sites is 2. The van der Waals surface area contributed by atoms with Crippen molar-refractivity contribution in [2.45, 2.75) is 25.8 Å². The number of aryl methyl sites for hydroxylation is 1. The molecule has 0 aliphatic carbocycles. The Balaban J connectivity index is 1.33. The fraction of sp³-hybridized carbons (Fsp3) is 0.200. The molecular formula is C20H18FN5O2. The number of hydrogen-bond acceptors (Lipinski definition) is 5. The van der Waals surface area contributed by atoms with Crippen LogP contribution in [0.3, 0.4) is 0 Å². The first-order valence-corrected chi connectivity index (χ1v) is 8.91. The Morgan fingerprint density at radius 3 is 2.75 bits per heavy atom. The molecule has 7 nitrogen and oxygen atoms in total. The number of aromatic nitrogens is 4. The predicted octanol–water partition coefficient (Wildman–Crippen LogP) is 3.56. The highest BCUT2D eigenvalue weighted by molar-refractivity contribution is 5.77. The number of nitrogens with zero attached hydrogens (tertiary/aromatic N) is 3. The molecule has 2 aromatic carbocycles. The Kier molecular flexibility index (Phi) is 4.84. The average molecular weight is 379 g/mol. The van der Waals surface area contributed by atoms with Crippen LogP contribution in [0.4, 0.5) is 4.39 Å². The van der Waals surface area contributed by atoms with Crippen LogP contribution in [0, 0.1) is 5.82 Å². The van der Waals surface area contributed by atoms with E-state index in [-0.39, 0.29) is 24.2 Å². The van der Waals surface area contributed by atoms with Gasteiger partial charge in [0.2, 0.25) is 17.6 Å². The number of halogens is 1. The first-order valence-electron chi connectivity index (χ1n) is 8.91. The average Bonchev–Trinajstić information content (AvgIpc) is 3.34. The van der Waals surface area contributed by atoms with E-state index in [2.05, 4.69) is 25.4 Å². The van der Waals surface area contributed by atoms with Crippen molar-refractivity contribution in [3.63, 3.8) is 0 Å². The summed E-state index contributed by atoms with van der Waals surface area (Å²) in [6.45, 7) is 1.87. The molecule has 0 saturated carbocycles. The first-order chi connectivity index (χ1) is 13.6. The normalized spacial score (nSPS) is 12.2. The molecule has 4 aromatic rings. The topological polar surface area (TPSA) is 96.7 Å². The molecule has 4 rings (SSSR count). The number of amides is 1. The zero-order chi connectivity index (χ0) is 19.5. The first kappa shape index (κ1) is 17.8. The fourth-order valence-corrected chi connectivity index (χ4v) is 2.85. The molecule has 2 heterocycles. The number of benzene rings is 2. The second-order valence-electron chi connectivity index (χ2n) is 6.45. The van der Waals surface area contributed by atoms with Gasteiger partial charge in [0.15, 0.2) is 0 Å². The highest BCUT2D eigenvalue weighted by Gasteiger charge is 2.15. The molecule has 0 aliphatic rings. The summed E-state index contributed by atoms with van der Waals surface area (Å²) >= 11 is 0. The van der Waals surface area contributed by atoms with Crippen molar-refractivity contribution in [2.75, 3.05) is 0 Å². The Morgan fingerprint density at radius 1 is 1.18 bits per heavy atom. The van der Waals surface area contributed by atoms with Crippen molar-refractivity contribution in [3.8, 4) is 11.4 Å². The van der Waals surface area contributed by atoms with E-state index in [9.17, 15) is 9.18 Å². The highest BCUT2D eigenvalue weighted by atomic mass is 19.1. The number of nitrogens with one attached hydrogen (secondary N) is 2. The van der Waals surface area contributed by atoms with Crippen molar-refractivity contribution in [3.05, 3.63) is 66.1 Å². The highest BCUT2D eigenvalue weighted by Crippen LogP contribution is 2.17. The molecule has 2 aromatic heterocycles. The van der Waals surface area contributed by atoms with Gasteiger partial charge in [-0.3, -0.25) is 4.79 Å². The second-order valence-corrected chi connectivity index (χ2v) is 6.45. The number of aromatic amines is 1. The molecule has 0 radical (unpaired) electrons. The largest absolute Gasteiger partial charge is 0.346 e. The maximum Gasteiger partial charge on any atom is 0.227 e. The number of imidazole rings is 1. The van der Waals surface area contributed by atoms with Crippen molar-refractivity contribution in [1.29, 1.82) is 0 Å². The smallest absolute Gasteiger partial charge is 0.227 e. The molecule has 0 bridgehead atoms. The van der Waals surface area contributed by atoms with Crippen LogP contribution in [0.5, 0.6) is 0 Å². The van der Waals surface area contributed by atoms with E-state index in [0.717, 1.165) is 11.0 Å². The number of hydrogen-bond donors (Lipinski definition) is 2. The Bertz CT molecular complexity index is 1070. The SMILES string of the molecule is CC(NC(=O)CCc1nc(-c2ccc(F)cc2)no1)c1nc2ccccc2[nH]1. The lowest BCUT2D eigenvalue weighted by atomic mass is 10.2. The van der Waals surface area contributed by atoms with Gasteiger partial charge in [-0.25, -0.2) is 9.37 Å². The maximum atomic E-state index is 13.0. The summed E-state index contributed by atoms with van der Waals surface area (Å²) < 4.78 is 18.2. The minimum absolute atomic E-state index is 0.144. The van der Waals surface area contributed by atoms with Gasteiger partial charge in [-0.15, -0.1) is 0 Å². The molecule has 28 heavy (non-hydrogen) atoms. The summed E-state index contributed by atoms with van der Waals surface area (Å²) in [6, 6.07) is 13.3. The van der Waals surface area contributed by atoms with Crippen molar-refractivity contribution in [1.82, 2.24) is 25.4 Å². The Hall–Kier alpha value is -3.55. The number of rotatable bonds is 6. The van der Waals surface area contributed by atoms with Gasteiger partial charge in [-0.05, 0) is 43.3 Å². The summed E-state index contributed by atoms with van der Waals surface area (Å²) in [5.74, 6) is 0.944. The zero-order valence-electron chi connectivity index (χ0n) is 15.1. The molecule has 0 aliphatic heterocycles. The molecule has 1 amide bonds. The van der Waals surface area contributed by atoms with E-state index in [1.165, 1.54) is 12.1 Å². The van der Waals surface area contributed by atoms with Gasteiger partial charge in [0.25, 0.3) is 0 Å². The van der Waals surface area contributed by atoms with Crippen LogP contribution in [0.2, 0.25) is 0 Å². The molecule has 1 unspecified atom stereocenters.